The van der Waals surface area contributed by atoms with E-state index in [9.17, 15) is 14.0 Å². The molecule has 1 aromatic heterocycles. The molecule has 8 heteroatoms. The van der Waals surface area contributed by atoms with Crippen LogP contribution < -0.4 is 9.47 Å². The second kappa shape index (κ2) is 11.6. The highest BCUT2D eigenvalue weighted by atomic mass is 32.1. The van der Waals surface area contributed by atoms with Crippen LogP contribution in [0.3, 0.4) is 0 Å². The molecule has 0 saturated heterocycles. The molecular weight excluding hydrogens is 479 g/mol. The van der Waals surface area contributed by atoms with Gasteiger partial charge in [-0.3, -0.25) is 9.59 Å². The third kappa shape index (κ3) is 5.70. The van der Waals surface area contributed by atoms with Crippen LogP contribution in [0.1, 0.15) is 47.1 Å². The third-order valence-electron chi connectivity index (χ3n) is 6.64. The lowest BCUT2D eigenvalue weighted by Gasteiger charge is -2.38. The molecule has 36 heavy (non-hydrogen) atoms. The lowest BCUT2D eigenvalue weighted by atomic mass is 10.00. The number of nitrogens with zero attached hydrogens (tertiary/aromatic N) is 2. The van der Waals surface area contributed by atoms with Gasteiger partial charge in [0, 0.05) is 23.0 Å². The lowest BCUT2D eigenvalue weighted by Crippen LogP contribution is -2.49. The molecule has 0 saturated carbocycles. The molecular formula is C28H31FN2O4S. The van der Waals surface area contributed by atoms with Crippen molar-refractivity contribution in [1.29, 1.82) is 0 Å². The number of carbonyl (C=O) groups excluding carboxylic acids is 2. The van der Waals surface area contributed by atoms with Gasteiger partial charge >= 0.3 is 0 Å². The number of amides is 2. The Bertz CT molecular complexity index is 1200. The topological polar surface area (TPSA) is 59.1 Å². The summed E-state index contributed by atoms with van der Waals surface area (Å²) in [7, 11) is 1.56. The van der Waals surface area contributed by atoms with Crippen LogP contribution in [0.4, 0.5) is 4.39 Å². The zero-order valence-electron chi connectivity index (χ0n) is 20.8. The Labute approximate surface area is 215 Å². The Hall–Kier alpha value is -3.39. The van der Waals surface area contributed by atoms with Crippen molar-refractivity contribution >= 4 is 23.2 Å². The highest BCUT2D eigenvalue weighted by Gasteiger charge is 2.34. The third-order valence-corrected chi connectivity index (χ3v) is 7.64. The number of ether oxygens (including phenoxy) is 2. The first-order valence-electron chi connectivity index (χ1n) is 12.1. The zero-order valence-corrected chi connectivity index (χ0v) is 21.6. The minimum Gasteiger partial charge on any atom is -0.497 e. The molecule has 0 N–H and O–H groups in total. The fourth-order valence-electron chi connectivity index (χ4n) is 4.39. The Kier molecular flexibility index (Phi) is 8.25. The van der Waals surface area contributed by atoms with E-state index in [1.807, 2.05) is 30.2 Å². The van der Waals surface area contributed by atoms with Crippen LogP contribution in [-0.4, -0.2) is 54.5 Å². The smallest absolute Gasteiger partial charge is 0.254 e. The summed E-state index contributed by atoms with van der Waals surface area (Å²) in [5, 5.41) is 2.03. The number of halogens is 1. The number of methoxy groups -OCH3 is 1. The molecule has 2 amide bonds. The Morgan fingerprint density at radius 2 is 1.94 bits per heavy atom. The van der Waals surface area contributed by atoms with E-state index >= 15 is 0 Å². The fourth-order valence-corrected chi connectivity index (χ4v) is 5.32. The number of carbonyl (C=O) groups is 2. The molecule has 3 aromatic rings. The van der Waals surface area contributed by atoms with Crippen LogP contribution in [-0.2, 0) is 11.2 Å². The molecule has 2 heterocycles. The summed E-state index contributed by atoms with van der Waals surface area (Å²) < 4.78 is 24.6. The van der Waals surface area contributed by atoms with Gasteiger partial charge in [-0.1, -0.05) is 13.0 Å². The van der Waals surface area contributed by atoms with Crippen molar-refractivity contribution in [2.45, 2.75) is 38.8 Å². The molecule has 6 nitrogen and oxygen atoms in total. The summed E-state index contributed by atoms with van der Waals surface area (Å²) in [6.07, 6.45) is 1.48. The molecule has 0 spiro atoms. The zero-order chi connectivity index (χ0) is 25.7. The van der Waals surface area contributed by atoms with Gasteiger partial charge < -0.3 is 19.3 Å². The largest absolute Gasteiger partial charge is 0.497 e. The average molecular weight is 511 g/mol. The second-order valence-electron chi connectivity index (χ2n) is 8.84. The standard InChI is InChI=1S/C28H31FN2O4S/c1-4-19(2)31(28(33)20-6-5-7-23(16-20)34-3)17-27(32)30-14-12-26-24(13-15-36-26)25(30)18-35-22-10-8-21(29)9-11-22/h5-11,13,15-16,19,25H,4,12,14,17-18H2,1-3H3/t19-,25-/m0/s1. The van der Waals surface area contributed by atoms with E-state index in [1.165, 1.54) is 17.0 Å². The van der Waals surface area contributed by atoms with Gasteiger partial charge in [-0.15, -0.1) is 11.3 Å². The monoisotopic (exact) mass is 510 g/mol. The molecule has 0 unspecified atom stereocenters. The average Bonchev–Trinajstić information content (AvgIpc) is 3.39. The molecule has 2 aromatic carbocycles. The van der Waals surface area contributed by atoms with Crippen molar-refractivity contribution in [1.82, 2.24) is 9.80 Å². The maximum absolute atomic E-state index is 13.7. The first-order valence-corrected chi connectivity index (χ1v) is 13.0. The second-order valence-corrected chi connectivity index (χ2v) is 9.84. The van der Waals surface area contributed by atoms with Gasteiger partial charge in [0.05, 0.1) is 13.2 Å². The molecule has 4 rings (SSSR count). The van der Waals surface area contributed by atoms with E-state index in [-0.39, 0.29) is 42.9 Å². The van der Waals surface area contributed by atoms with Gasteiger partial charge in [-0.2, -0.15) is 0 Å². The van der Waals surface area contributed by atoms with Gasteiger partial charge in [0.25, 0.3) is 5.91 Å². The van der Waals surface area contributed by atoms with Gasteiger partial charge in [-0.05, 0) is 79.2 Å². The van der Waals surface area contributed by atoms with Crippen LogP contribution in [0.15, 0.2) is 60.0 Å². The molecule has 190 valence electrons. The van der Waals surface area contributed by atoms with Crippen molar-refractivity contribution in [3.05, 3.63) is 81.8 Å². The van der Waals surface area contributed by atoms with E-state index in [1.54, 1.807) is 59.7 Å². The first kappa shape index (κ1) is 25.7. The van der Waals surface area contributed by atoms with Gasteiger partial charge in [0.15, 0.2) is 0 Å². The Balaban J connectivity index is 1.54. The Morgan fingerprint density at radius 3 is 2.67 bits per heavy atom. The molecule has 0 radical (unpaired) electrons. The number of hydrogen-bond acceptors (Lipinski definition) is 5. The van der Waals surface area contributed by atoms with Crippen LogP contribution in [0.25, 0.3) is 0 Å². The normalized spacial score (nSPS) is 15.7. The molecule has 2 atom stereocenters. The highest BCUT2D eigenvalue weighted by molar-refractivity contribution is 7.10. The number of thiophene rings is 1. The molecule has 1 aliphatic heterocycles. The Morgan fingerprint density at radius 1 is 1.17 bits per heavy atom. The van der Waals surface area contributed by atoms with E-state index in [4.69, 9.17) is 9.47 Å². The predicted octanol–water partition coefficient (Wildman–Crippen LogP) is 5.34. The minimum absolute atomic E-state index is 0.0302. The number of fused-ring (bicyclic) bond motifs is 1. The molecule has 0 fully saturated rings. The van der Waals surface area contributed by atoms with Gasteiger partial charge in [0.2, 0.25) is 5.91 Å². The number of rotatable bonds is 9. The number of benzene rings is 2. The van der Waals surface area contributed by atoms with Crippen LogP contribution in [0.2, 0.25) is 0 Å². The van der Waals surface area contributed by atoms with E-state index in [2.05, 4.69) is 0 Å². The van der Waals surface area contributed by atoms with Crippen molar-refractivity contribution in [2.75, 3.05) is 26.8 Å². The quantitative estimate of drug-likeness (QED) is 0.390. The summed E-state index contributed by atoms with van der Waals surface area (Å²) in [5.74, 6) is 0.471. The summed E-state index contributed by atoms with van der Waals surface area (Å²) in [6, 6.07) is 14.5. The van der Waals surface area contributed by atoms with Crippen LogP contribution in [0.5, 0.6) is 11.5 Å². The van der Waals surface area contributed by atoms with Crippen molar-refractivity contribution in [2.24, 2.45) is 0 Å². The van der Waals surface area contributed by atoms with Crippen molar-refractivity contribution < 1.29 is 23.5 Å². The first-order chi connectivity index (χ1) is 17.4. The van der Waals surface area contributed by atoms with Crippen LogP contribution >= 0.6 is 11.3 Å². The maximum atomic E-state index is 13.7. The molecule has 0 bridgehead atoms. The van der Waals surface area contributed by atoms with Gasteiger partial charge in [0.1, 0.15) is 30.5 Å². The molecule has 0 aliphatic carbocycles. The summed E-state index contributed by atoms with van der Waals surface area (Å²) in [5.41, 5.74) is 1.55. The van der Waals surface area contributed by atoms with E-state index in [0.29, 0.717) is 23.6 Å². The maximum Gasteiger partial charge on any atom is 0.254 e. The minimum atomic E-state index is -0.331. The fraction of sp³-hybridized carbons (Fsp3) is 0.357. The summed E-state index contributed by atoms with van der Waals surface area (Å²) >= 11 is 1.68. The lowest BCUT2D eigenvalue weighted by molar-refractivity contribution is -0.136. The molecule has 1 aliphatic rings. The van der Waals surface area contributed by atoms with E-state index < -0.39 is 0 Å². The predicted molar refractivity (Wildman–Crippen MR) is 138 cm³/mol. The van der Waals surface area contributed by atoms with Gasteiger partial charge in [-0.25, -0.2) is 4.39 Å². The van der Waals surface area contributed by atoms with Crippen LogP contribution in [0, 0.1) is 5.82 Å². The van der Waals surface area contributed by atoms with E-state index in [0.717, 1.165) is 18.4 Å². The summed E-state index contributed by atoms with van der Waals surface area (Å²) in [6.45, 7) is 4.71. The number of hydrogen-bond donors (Lipinski definition) is 0. The van der Waals surface area contributed by atoms with Crippen molar-refractivity contribution in [3.8, 4) is 11.5 Å². The SMILES string of the molecule is CC[C@H](C)N(CC(=O)N1CCc2sccc2[C@@H]1COc1ccc(F)cc1)C(=O)c1cccc(OC)c1. The highest BCUT2D eigenvalue weighted by Crippen LogP contribution is 2.34. The summed E-state index contributed by atoms with van der Waals surface area (Å²) in [4.78, 5) is 31.8. The van der Waals surface area contributed by atoms with Crippen molar-refractivity contribution in [3.63, 3.8) is 0 Å².